The van der Waals surface area contributed by atoms with Crippen LogP contribution in [-0.4, -0.2) is 24.0 Å². The molecule has 0 saturated heterocycles. The number of anilines is 1. The Morgan fingerprint density at radius 2 is 2.11 bits per heavy atom. The minimum Gasteiger partial charge on any atom is -0.748 e. The molecule has 92 valence electrons. The van der Waals surface area contributed by atoms with Crippen molar-refractivity contribution in [3.05, 3.63) is 36.4 Å². The van der Waals surface area contributed by atoms with E-state index in [9.17, 15) is 22.9 Å². The molecule has 0 aliphatic carbocycles. The van der Waals surface area contributed by atoms with Gasteiger partial charge in [0.2, 0.25) is 5.91 Å². The number of hydrogen-bond acceptors (Lipinski definition) is 5. The van der Waals surface area contributed by atoms with E-state index in [0.717, 1.165) is 6.08 Å². The van der Waals surface area contributed by atoms with Gasteiger partial charge < -0.3 is 15.0 Å². The summed E-state index contributed by atoms with van der Waals surface area (Å²) < 4.78 is 31.7. The van der Waals surface area contributed by atoms with Crippen LogP contribution in [0.2, 0.25) is 0 Å². The monoisotopic (exact) mass is 279 g/mol. The van der Waals surface area contributed by atoms with Crippen LogP contribution in [0.3, 0.4) is 0 Å². The topological polar surface area (TPSA) is 107 Å². The van der Waals surface area contributed by atoms with E-state index in [4.69, 9.17) is 0 Å². The van der Waals surface area contributed by atoms with Gasteiger partial charge in [0.05, 0.1) is 21.6 Å². The van der Waals surface area contributed by atoms with Gasteiger partial charge in [-0.2, -0.15) is 0 Å². The number of carbonyl (C=O) groups is 1. The molecule has 1 amide bonds. The van der Waals surface area contributed by atoms with Crippen molar-refractivity contribution in [3.63, 3.8) is 0 Å². The molecule has 0 aromatic heterocycles. The molecule has 8 heteroatoms. The molecular weight excluding hydrogens is 269 g/mol. The van der Waals surface area contributed by atoms with Crippen molar-refractivity contribution < 1.29 is 52.4 Å². The molecule has 0 radical (unpaired) electrons. The van der Waals surface area contributed by atoms with Gasteiger partial charge in [-0.25, -0.2) is 8.42 Å². The number of nitrogens with one attached hydrogen (secondary N) is 1. The Hall–Kier alpha value is -0.860. The number of aromatic hydroxyl groups is 1. The Morgan fingerprint density at radius 1 is 1.50 bits per heavy atom. The summed E-state index contributed by atoms with van der Waals surface area (Å²) in [7, 11) is -4.49. The SMILES string of the molecule is C=CC(=O)Nc1cccc(CS(=O)(=O)[O-])c1O.[Na+]. The zero-order valence-corrected chi connectivity index (χ0v) is 12.5. The molecule has 2 N–H and O–H groups in total. The maximum absolute atomic E-state index is 11.0. The van der Waals surface area contributed by atoms with Gasteiger partial charge in [0.15, 0.2) is 0 Å². The number of benzene rings is 1. The first-order chi connectivity index (χ1) is 7.83. The molecule has 0 aliphatic heterocycles. The number of phenols is 1. The molecule has 0 heterocycles. The number of rotatable bonds is 4. The second kappa shape index (κ2) is 6.91. The summed E-state index contributed by atoms with van der Waals surface area (Å²) in [5.74, 6) is -1.83. The Morgan fingerprint density at radius 3 is 2.61 bits per heavy atom. The molecule has 1 rings (SSSR count). The molecular formula is C10H10NNaO5S. The van der Waals surface area contributed by atoms with Gasteiger partial charge in [0.25, 0.3) is 0 Å². The van der Waals surface area contributed by atoms with E-state index in [2.05, 4.69) is 11.9 Å². The van der Waals surface area contributed by atoms with Crippen molar-refractivity contribution in [2.24, 2.45) is 0 Å². The summed E-state index contributed by atoms with van der Waals surface area (Å²) >= 11 is 0. The van der Waals surface area contributed by atoms with Crippen molar-refractivity contribution >= 4 is 21.7 Å². The van der Waals surface area contributed by atoms with E-state index in [1.165, 1.54) is 18.2 Å². The summed E-state index contributed by atoms with van der Waals surface area (Å²) in [5.41, 5.74) is -0.0436. The number of carbonyl (C=O) groups excluding carboxylic acids is 1. The molecule has 0 aliphatic rings. The van der Waals surface area contributed by atoms with Crippen LogP contribution in [0, 0.1) is 0 Å². The minimum atomic E-state index is -4.49. The van der Waals surface area contributed by atoms with Crippen LogP contribution >= 0.6 is 0 Å². The van der Waals surface area contributed by atoms with Crippen molar-refractivity contribution in [2.75, 3.05) is 5.32 Å². The molecule has 0 bridgehead atoms. The average molecular weight is 279 g/mol. The van der Waals surface area contributed by atoms with Gasteiger partial charge in [-0.3, -0.25) is 4.79 Å². The van der Waals surface area contributed by atoms with Gasteiger partial charge in [-0.1, -0.05) is 18.7 Å². The van der Waals surface area contributed by atoms with E-state index in [0.29, 0.717) is 0 Å². The number of amides is 1. The maximum Gasteiger partial charge on any atom is 1.00 e. The van der Waals surface area contributed by atoms with E-state index in [1.54, 1.807) is 0 Å². The second-order valence-corrected chi connectivity index (χ2v) is 4.61. The Bertz CT molecular complexity index is 555. The first-order valence-corrected chi connectivity index (χ1v) is 6.09. The fourth-order valence-corrected chi connectivity index (χ4v) is 1.80. The van der Waals surface area contributed by atoms with Crippen molar-refractivity contribution in [3.8, 4) is 5.75 Å². The maximum atomic E-state index is 11.0. The third kappa shape index (κ3) is 5.19. The Balaban J connectivity index is 0.00000289. The third-order valence-corrected chi connectivity index (χ3v) is 2.56. The fourth-order valence-electron chi connectivity index (χ4n) is 1.18. The largest absolute Gasteiger partial charge is 1.00 e. The van der Waals surface area contributed by atoms with Gasteiger partial charge in [0.1, 0.15) is 5.75 Å². The van der Waals surface area contributed by atoms with Crippen LogP contribution in [0.4, 0.5) is 5.69 Å². The molecule has 0 fully saturated rings. The average Bonchev–Trinajstić information content (AvgIpc) is 2.22. The van der Waals surface area contributed by atoms with Crippen molar-refractivity contribution in [1.82, 2.24) is 0 Å². The van der Waals surface area contributed by atoms with E-state index in [-0.39, 0.29) is 40.8 Å². The van der Waals surface area contributed by atoms with Gasteiger partial charge in [0, 0.05) is 5.56 Å². The summed E-state index contributed by atoms with van der Waals surface area (Å²) in [6.07, 6.45) is 0.996. The van der Waals surface area contributed by atoms with Gasteiger partial charge in [-0.05, 0) is 12.1 Å². The first-order valence-electron chi connectivity index (χ1n) is 4.51. The molecule has 6 nitrogen and oxygen atoms in total. The van der Waals surface area contributed by atoms with Crippen LogP contribution in [0.1, 0.15) is 5.56 Å². The zero-order chi connectivity index (χ0) is 13.1. The van der Waals surface area contributed by atoms with E-state index in [1.807, 2.05) is 0 Å². The predicted molar refractivity (Wildman–Crippen MR) is 60.3 cm³/mol. The van der Waals surface area contributed by atoms with Crippen LogP contribution in [-0.2, 0) is 20.7 Å². The summed E-state index contributed by atoms with van der Waals surface area (Å²) in [5, 5.41) is 11.9. The zero-order valence-electron chi connectivity index (χ0n) is 9.71. The minimum absolute atomic E-state index is 0. The fraction of sp³-hybridized carbons (Fsp3) is 0.100. The number of hydrogen-bond donors (Lipinski definition) is 2. The normalized spacial score (nSPS) is 10.3. The van der Waals surface area contributed by atoms with E-state index >= 15 is 0 Å². The Kier molecular flexibility index (Phi) is 6.58. The Labute approximate surface area is 127 Å². The standard InChI is InChI=1S/C10H11NO5S.Na/c1-2-9(12)11-8-5-3-4-7(10(8)13)6-17(14,15)16;/h2-5,13H,1,6H2,(H,11,12)(H,14,15,16);/q;+1/p-1. The van der Waals surface area contributed by atoms with Crippen LogP contribution in [0.25, 0.3) is 0 Å². The number of para-hydroxylation sites is 1. The van der Waals surface area contributed by atoms with Crippen molar-refractivity contribution in [1.29, 1.82) is 0 Å². The van der Waals surface area contributed by atoms with Gasteiger partial charge >= 0.3 is 29.6 Å². The van der Waals surface area contributed by atoms with Crippen molar-refractivity contribution in [2.45, 2.75) is 5.75 Å². The molecule has 1 aromatic rings. The van der Waals surface area contributed by atoms with Crippen LogP contribution < -0.4 is 34.9 Å². The second-order valence-electron chi connectivity index (χ2n) is 3.21. The first kappa shape index (κ1) is 17.1. The molecule has 0 saturated carbocycles. The predicted octanol–water partition coefficient (Wildman–Crippen LogP) is -2.43. The molecule has 0 atom stereocenters. The van der Waals surface area contributed by atoms with Gasteiger partial charge in [-0.15, -0.1) is 0 Å². The summed E-state index contributed by atoms with van der Waals surface area (Å²) in [6, 6.07) is 4.07. The van der Waals surface area contributed by atoms with E-state index < -0.39 is 27.5 Å². The quantitative estimate of drug-likeness (QED) is 0.276. The molecule has 18 heavy (non-hydrogen) atoms. The third-order valence-electron chi connectivity index (χ3n) is 1.90. The summed E-state index contributed by atoms with van der Waals surface area (Å²) in [4.78, 5) is 11.0. The molecule has 0 unspecified atom stereocenters. The number of phenolic OH excluding ortho intramolecular Hbond substituents is 1. The summed E-state index contributed by atoms with van der Waals surface area (Å²) in [6.45, 7) is 3.23. The molecule has 0 spiro atoms. The van der Waals surface area contributed by atoms with Crippen LogP contribution in [0.5, 0.6) is 5.75 Å². The smallest absolute Gasteiger partial charge is 0.748 e. The molecule has 1 aromatic carbocycles. The van der Waals surface area contributed by atoms with Crippen LogP contribution in [0.15, 0.2) is 30.9 Å².